The first-order chi connectivity index (χ1) is 8.47. The van der Waals surface area contributed by atoms with E-state index in [4.69, 9.17) is 23.2 Å². The number of rotatable bonds is 2. The summed E-state index contributed by atoms with van der Waals surface area (Å²) in [5.74, 6) is 1.76. The van der Waals surface area contributed by atoms with Gasteiger partial charge in [-0.05, 0) is 54.4 Å². The summed E-state index contributed by atoms with van der Waals surface area (Å²) >= 11 is 12.0. The van der Waals surface area contributed by atoms with Crippen LogP contribution in [0, 0.1) is 17.8 Å². The van der Waals surface area contributed by atoms with Gasteiger partial charge in [-0.15, -0.1) is 0 Å². The van der Waals surface area contributed by atoms with Crippen LogP contribution in [-0.2, 0) is 0 Å². The molecule has 18 heavy (non-hydrogen) atoms. The van der Waals surface area contributed by atoms with Crippen LogP contribution in [0.15, 0.2) is 18.2 Å². The molecule has 0 radical (unpaired) electrons. The summed E-state index contributed by atoms with van der Waals surface area (Å²) < 4.78 is 0. The molecule has 2 rings (SSSR count). The Labute approximate surface area is 119 Å². The highest BCUT2D eigenvalue weighted by Gasteiger charge is 2.30. The number of halogens is 2. The van der Waals surface area contributed by atoms with Gasteiger partial charge in [-0.3, -0.25) is 0 Å². The van der Waals surface area contributed by atoms with Gasteiger partial charge in [-0.1, -0.05) is 43.5 Å². The lowest BCUT2D eigenvalue weighted by Gasteiger charge is -2.34. The molecular weight excluding hydrogens is 267 g/mol. The molecule has 1 nitrogen and oxygen atoms in total. The number of aliphatic hydroxyl groups excluding tert-OH is 1. The maximum absolute atomic E-state index is 10.5. The van der Waals surface area contributed by atoms with Crippen molar-refractivity contribution in [1.82, 2.24) is 0 Å². The third-order valence-electron chi connectivity index (χ3n) is 4.31. The van der Waals surface area contributed by atoms with Crippen molar-refractivity contribution in [3.05, 3.63) is 33.8 Å². The molecule has 0 heterocycles. The fraction of sp³-hybridized carbons (Fsp3) is 0.600. The number of hydrogen-bond donors (Lipinski definition) is 1. The lowest BCUT2D eigenvalue weighted by molar-refractivity contribution is 0.0561. The monoisotopic (exact) mass is 286 g/mol. The zero-order chi connectivity index (χ0) is 13.3. The highest BCUT2D eigenvalue weighted by molar-refractivity contribution is 6.34. The predicted octanol–water partition coefficient (Wildman–Crippen LogP) is 5.10. The summed E-state index contributed by atoms with van der Waals surface area (Å²) in [6.07, 6.45) is 2.90. The van der Waals surface area contributed by atoms with Crippen LogP contribution in [-0.4, -0.2) is 5.11 Å². The Morgan fingerprint density at radius 2 is 1.67 bits per heavy atom. The average molecular weight is 287 g/mol. The molecule has 0 saturated heterocycles. The van der Waals surface area contributed by atoms with E-state index in [1.165, 1.54) is 6.42 Å². The van der Waals surface area contributed by atoms with Crippen LogP contribution in [0.1, 0.15) is 44.8 Å². The Kier molecular flexibility index (Phi) is 4.58. The Morgan fingerprint density at radius 3 is 2.22 bits per heavy atom. The van der Waals surface area contributed by atoms with Gasteiger partial charge in [0.2, 0.25) is 0 Å². The lowest BCUT2D eigenvalue weighted by Crippen LogP contribution is -2.25. The molecule has 1 aromatic rings. The van der Waals surface area contributed by atoms with Gasteiger partial charge < -0.3 is 5.11 Å². The molecule has 1 aliphatic rings. The molecule has 0 spiro atoms. The summed E-state index contributed by atoms with van der Waals surface area (Å²) in [6, 6.07) is 5.34. The molecule has 0 aromatic heterocycles. The van der Waals surface area contributed by atoms with E-state index in [-0.39, 0.29) is 0 Å². The molecule has 3 heteroatoms. The molecular formula is C15H20Cl2O. The molecule has 100 valence electrons. The Morgan fingerprint density at radius 1 is 1.06 bits per heavy atom. The van der Waals surface area contributed by atoms with Crippen molar-refractivity contribution in [2.24, 2.45) is 17.8 Å². The fourth-order valence-electron chi connectivity index (χ4n) is 2.89. The first-order valence-corrected chi connectivity index (χ1v) is 7.37. The van der Waals surface area contributed by atoms with Crippen LogP contribution < -0.4 is 0 Å². The van der Waals surface area contributed by atoms with Gasteiger partial charge in [0.25, 0.3) is 0 Å². The fourth-order valence-corrected chi connectivity index (χ4v) is 3.44. The van der Waals surface area contributed by atoms with Crippen LogP contribution in [0.2, 0.25) is 10.0 Å². The lowest BCUT2D eigenvalue weighted by atomic mass is 9.73. The Bertz CT molecular complexity index is 399. The second-order valence-corrected chi connectivity index (χ2v) is 6.55. The molecule has 1 aromatic carbocycles. The molecule has 1 aliphatic carbocycles. The summed E-state index contributed by atoms with van der Waals surface area (Å²) in [5, 5.41) is 11.7. The molecule has 4 unspecified atom stereocenters. The standard InChI is InChI=1S/C15H20Cl2O/c1-9-3-4-11(5-10(9)2)15(18)12-6-13(16)8-14(17)7-12/h6-11,15,18H,3-5H2,1-2H3. The second-order valence-electron chi connectivity index (χ2n) is 5.68. The highest BCUT2D eigenvalue weighted by Crippen LogP contribution is 2.40. The van der Waals surface area contributed by atoms with Crippen LogP contribution in [0.25, 0.3) is 0 Å². The molecule has 0 amide bonds. The van der Waals surface area contributed by atoms with E-state index < -0.39 is 6.10 Å². The molecule has 1 N–H and O–H groups in total. The number of aliphatic hydroxyl groups is 1. The minimum atomic E-state index is -0.448. The average Bonchev–Trinajstić information content (AvgIpc) is 2.30. The van der Waals surface area contributed by atoms with Crippen molar-refractivity contribution in [3.8, 4) is 0 Å². The molecule has 4 atom stereocenters. The van der Waals surface area contributed by atoms with Crippen molar-refractivity contribution in [1.29, 1.82) is 0 Å². The predicted molar refractivity (Wildman–Crippen MR) is 77.1 cm³/mol. The third kappa shape index (κ3) is 3.20. The van der Waals surface area contributed by atoms with Gasteiger partial charge in [0.15, 0.2) is 0 Å². The maximum Gasteiger partial charge on any atom is 0.0819 e. The normalized spacial score (nSPS) is 30.2. The van der Waals surface area contributed by atoms with Crippen molar-refractivity contribution in [3.63, 3.8) is 0 Å². The summed E-state index contributed by atoms with van der Waals surface area (Å²) in [6.45, 7) is 4.57. The van der Waals surface area contributed by atoms with Crippen molar-refractivity contribution >= 4 is 23.2 Å². The van der Waals surface area contributed by atoms with Gasteiger partial charge in [-0.25, -0.2) is 0 Å². The van der Waals surface area contributed by atoms with Crippen LogP contribution in [0.3, 0.4) is 0 Å². The van der Waals surface area contributed by atoms with E-state index in [0.29, 0.717) is 21.9 Å². The SMILES string of the molecule is CC1CCC(C(O)c2cc(Cl)cc(Cl)c2)CC1C. The van der Waals surface area contributed by atoms with E-state index in [0.717, 1.165) is 24.3 Å². The van der Waals surface area contributed by atoms with Crippen molar-refractivity contribution in [2.45, 2.75) is 39.2 Å². The first kappa shape index (κ1) is 14.2. The summed E-state index contributed by atoms with van der Waals surface area (Å²) in [5.41, 5.74) is 0.847. The second kappa shape index (κ2) is 5.81. The van der Waals surface area contributed by atoms with E-state index in [1.54, 1.807) is 6.07 Å². The first-order valence-electron chi connectivity index (χ1n) is 6.61. The van der Waals surface area contributed by atoms with Crippen molar-refractivity contribution < 1.29 is 5.11 Å². The van der Waals surface area contributed by atoms with Gasteiger partial charge >= 0.3 is 0 Å². The van der Waals surface area contributed by atoms with E-state index in [1.807, 2.05) is 12.1 Å². The largest absolute Gasteiger partial charge is 0.388 e. The number of hydrogen-bond acceptors (Lipinski definition) is 1. The zero-order valence-corrected chi connectivity index (χ0v) is 12.4. The molecule has 0 bridgehead atoms. The Hall–Kier alpha value is -0.240. The number of benzene rings is 1. The third-order valence-corrected chi connectivity index (χ3v) is 4.75. The Balaban J connectivity index is 2.13. The molecule has 1 fully saturated rings. The van der Waals surface area contributed by atoms with Crippen LogP contribution in [0.5, 0.6) is 0 Å². The van der Waals surface area contributed by atoms with Gasteiger partial charge in [0, 0.05) is 10.0 Å². The smallest absolute Gasteiger partial charge is 0.0819 e. The van der Waals surface area contributed by atoms with Gasteiger partial charge in [0.05, 0.1) is 6.10 Å². The van der Waals surface area contributed by atoms with Gasteiger partial charge in [-0.2, -0.15) is 0 Å². The molecule has 0 aliphatic heterocycles. The van der Waals surface area contributed by atoms with Gasteiger partial charge in [0.1, 0.15) is 0 Å². The highest BCUT2D eigenvalue weighted by atomic mass is 35.5. The minimum absolute atomic E-state index is 0.325. The minimum Gasteiger partial charge on any atom is -0.388 e. The summed E-state index contributed by atoms with van der Waals surface area (Å²) in [7, 11) is 0. The zero-order valence-electron chi connectivity index (χ0n) is 10.9. The van der Waals surface area contributed by atoms with E-state index >= 15 is 0 Å². The molecule has 1 saturated carbocycles. The summed E-state index contributed by atoms with van der Waals surface area (Å²) in [4.78, 5) is 0. The van der Waals surface area contributed by atoms with Crippen molar-refractivity contribution in [2.75, 3.05) is 0 Å². The van der Waals surface area contributed by atoms with E-state index in [9.17, 15) is 5.11 Å². The maximum atomic E-state index is 10.5. The topological polar surface area (TPSA) is 20.2 Å². The van der Waals surface area contributed by atoms with Crippen LogP contribution in [0.4, 0.5) is 0 Å². The van der Waals surface area contributed by atoms with Crippen LogP contribution >= 0.6 is 23.2 Å². The van der Waals surface area contributed by atoms with E-state index in [2.05, 4.69) is 13.8 Å². The quantitative estimate of drug-likeness (QED) is 0.802.